The van der Waals surface area contributed by atoms with Crippen LogP contribution in [-0.4, -0.2) is 60.9 Å². The minimum Gasteiger partial charge on any atom is -0.491 e. The Balaban J connectivity index is 1.36. The quantitative estimate of drug-likeness (QED) is 0.206. The van der Waals surface area contributed by atoms with Crippen molar-refractivity contribution in [2.24, 2.45) is 5.92 Å². The molecule has 7 nitrogen and oxygen atoms in total. The molecular formula is C30H41BrClN3O4. The van der Waals surface area contributed by atoms with Gasteiger partial charge in [0, 0.05) is 30.0 Å². The van der Waals surface area contributed by atoms with Gasteiger partial charge in [-0.3, -0.25) is 0 Å². The molecule has 0 radical (unpaired) electrons. The third-order valence-corrected chi connectivity index (χ3v) is 7.83. The van der Waals surface area contributed by atoms with Crippen molar-refractivity contribution in [2.45, 2.75) is 64.6 Å². The molecule has 1 amide bonds. The van der Waals surface area contributed by atoms with Gasteiger partial charge in [-0.2, -0.15) is 0 Å². The molecule has 0 bridgehead atoms. The number of carbonyl (C=O) groups is 1. The number of rotatable bonds is 11. The van der Waals surface area contributed by atoms with Crippen molar-refractivity contribution in [1.29, 1.82) is 0 Å². The lowest BCUT2D eigenvalue weighted by atomic mass is 9.92. The Bertz CT molecular complexity index is 1070. The van der Waals surface area contributed by atoms with Crippen LogP contribution in [0.4, 0.5) is 16.2 Å². The predicted octanol–water partition coefficient (Wildman–Crippen LogP) is 7.57. The zero-order valence-electron chi connectivity index (χ0n) is 23.3. The fourth-order valence-corrected chi connectivity index (χ4v) is 5.44. The number of halogens is 2. The molecule has 9 heteroatoms. The summed E-state index contributed by atoms with van der Waals surface area (Å²) in [6, 6.07) is 13.7. The maximum atomic E-state index is 12.4. The second-order valence-electron chi connectivity index (χ2n) is 11.2. The highest BCUT2D eigenvalue weighted by atomic mass is 79.9. The molecule has 2 aliphatic rings. The maximum Gasteiger partial charge on any atom is 0.410 e. The number of anilines is 2. The Morgan fingerprint density at radius 3 is 2.51 bits per heavy atom. The lowest BCUT2D eigenvalue weighted by Crippen LogP contribution is -2.42. The van der Waals surface area contributed by atoms with Crippen LogP contribution >= 0.6 is 27.5 Å². The first-order valence-electron chi connectivity index (χ1n) is 13.9. The van der Waals surface area contributed by atoms with Gasteiger partial charge in [0.25, 0.3) is 0 Å². The molecule has 1 atom stereocenters. The van der Waals surface area contributed by atoms with E-state index in [1.54, 1.807) is 0 Å². The number of carbonyl (C=O) groups excluding carboxylic acids is 1. The van der Waals surface area contributed by atoms with E-state index in [0.29, 0.717) is 24.2 Å². The van der Waals surface area contributed by atoms with Crippen molar-refractivity contribution in [1.82, 2.24) is 4.90 Å². The van der Waals surface area contributed by atoms with Gasteiger partial charge < -0.3 is 29.3 Å². The van der Waals surface area contributed by atoms with E-state index in [2.05, 4.69) is 38.3 Å². The average Bonchev–Trinajstić information content (AvgIpc) is 3.26. The molecule has 39 heavy (non-hydrogen) atoms. The lowest BCUT2D eigenvalue weighted by molar-refractivity contribution is 0.0181. The zero-order valence-corrected chi connectivity index (χ0v) is 25.6. The minimum absolute atomic E-state index is 0.00869. The predicted molar refractivity (Wildman–Crippen MR) is 162 cm³/mol. The summed E-state index contributed by atoms with van der Waals surface area (Å²) in [5.41, 5.74) is 1.72. The van der Waals surface area contributed by atoms with Crippen molar-refractivity contribution in [3.63, 3.8) is 0 Å². The average molecular weight is 623 g/mol. The summed E-state index contributed by atoms with van der Waals surface area (Å²) in [6.07, 6.45) is 4.93. The van der Waals surface area contributed by atoms with Gasteiger partial charge >= 0.3 is 6.09 Å². The molecule has 214 valence electrons. The molecule has 4 rings (SSSR count). The van der Waals surface area contributed by atoms with Crippen LogP contribution in [0.3, 0.4) is 0 Å². The largest absolute Gasteiger partial charge is 0.491 e. The zero-order chi connectivity index (χ0) is 27.8. The number of amides is 1. The van der Waals surface area contributed by atoms with E-state index in [1.165, 1.54) is 0 Å². The molecule has 1 saturated heterocycles. The van der Waals surface area contributed by atoms with E-state index in [-0.39, 0.29) is 12.3 Å². The minimum atomic E-state index is -0.460. The van der Waals surface area contributed by atoms with Gasteiger partial charge in [0.1, 0.15) is 35.6 Å². The molecule has 0 spiro atoms. The third kappa shape index (κ3) is 8.58. The fourth-order valence-electron chi connectivity index (χ4n) is 5.09. The number of benzene rings is 2. The van der Waals surface area contributed by atoms with E-state index >= 15 is 0 Å². The third-order valence-electron chi connectivity index (χ3n) is 7.02. The van der Waals surface area contributed by atoms with Crippen molar-refractivity contribution < 1.29 is 19.0 Å². The Labute approximate surface area is 246 Å². The van der Waals surface area contributed by atoms with Gasteiger partial charge in [-0.1, -0.05) is 33.6 Å². The van der Waals surface area contributed by atoms with Crippen LogP contribution in [-0.2, 0) is 4.74 Å². The summed E-state index contributed by atoms with van der Waals surface area (Å²) in [5, 5.41) is 5.25. The second-order valence-corrected chi connectivity index (χ2v) is 12.4. The van der Waals surface area contributed by atoms with E-state index in [9.17, 15) is 4.79 Å². The molecule has 1 N–H and O–H groups in total. The molecule has 2 aliphatic heterocycles. The first-order valence-corrected chi connectivity index (χ1v) is 15.4. The summed E-state index contributed by atoms with van der Waals surface area (Å²) in [7, 11) is 0. The number of hydrogen-bond acceptors (Lipinski definition) is 6. The van der Waals surface area contributed by atoms with Crippen molar-refractivity contribution in [3.05, 3.63) is 47.5 Å². The van der Waals surface area contributed by atoms with Crippen LogP contribution in [0.25, 0.3) is 0 Å². The molecule has 2 aromatic carbocycles. The summed E-state index contributed by atoms with van der Waals surface area (Å²) >= 11 is 9.54. The molecule has 2 aromatic rings. The molecule has 0 aliphatic carbocycles. The van der Waals surface area contributed by atoms with Gasteiger partial charge in [-0.05, 0) is 95.2 Å². The molecule has 1 fully saturated rings. The number of nitrogens with one attached hydrogen (secondary N) is 1. The van der Waals surface area contributed by atoms with Crippen LogP contribution in [0.1, 0.15) is 52.9 Å². The summed E-state index contributed by atoms with van der Waals surface area (Å²) in [4.78, 5) is 16.7. The Hall–Kier alpha value is -2.32. The van der Waals surface area contributed by atoms with E-state index < -0.39 is 5.60 Å². The van der Waals surface area contributed by atoms with E-state index in [1.807, 2.05) is 56.0 Å². The molecular weight excluding hydrogens is 582 g/mol. The molecule has 1 unspecified atom stereocenters. The highest BCUT2D eigenvalue weighted by molar-refractivity contribution is 9.09. The molecule has 2 heterocycles. The number of piperidine rings is 1. The van der Waals surface area contributed by atoms with Gasteiger partial charge in [0.2, 0.25) is 0 Å². The van der Waals surface area contributed by atoms with Gasteiger partial charge in [0.15, 0.2) is 0 Å². The number of likely N-dealkylation sites (tertiary alicyclic amines) is 1. The number of nitrogens with zero attached hydrogens (tertiary/aromatic N) is 2. The van der Waals surface area contributed by atoms with E-state index in [4.69, 9.17) is 25.8 Å². The topological polar surface area (TPSA) is 63.3 Å². The number of hydrogen-bond donors (Lipinski definition) is 1. The monoisotopic (exact) mass is 621 g/mol. The van der Waals surface area contributed by atoms with Crippen LogP contribution in [0.2, 0.25) is 5.02 Å². The number of para-hydroxylation sites is 1. The van der Waals surface area contributed by atoms with Crippen LogP contribution in [0, 0.1) is 5.92 Å². The second kappa shape index (κ2) is 13.8. The Morgan fingerprint density at radius 2 is 1.82 bits per heavy atom. The first kappa shape index (κ1) is 29.7. The molecule has 0 aromatic heterocycles. The lowest BCUT2D eigenvalue weighted by Gasteiger charge is -2.34. The number of ether oxygens (including phenoxy) is 3. The van der Waals surface area contributed by atoms with Crippen molar-refractivity contribution in [3.8, 4) is 11.5 Å². The van der Waals surface area contributed by atoms with Gasteiger partial charge in [-0.25, -0.2) is 4.79 Å². The summed E-state index contributed by atoms with van der Waals surface area (Å²) in [5.74, 6) is 2.30. The summed E-state index contributed by atoms with van der Waals surface area (Å²) < 4.78 is 17.9. The maximum absolute atomic E-state index is 12.4. The fraction of sp³-hybridized carbons (Fsp3) is 0.567. The SMILES string of the molecule is CC(C)(C)OC(=O)N1CCC(CCCN2c3c(cccc3OCCCBr)NC2COc2ccc(Cl)cc2)CC1. The number of fused-ring (bicyclic) bond motifs is 1. The summed E-state index contributed by atoms with van der Waals surface area (Å²) in [6.45, 7) is 9.30. The highest BCUT2D eigenvalue weighted by Gasteiger charge is 2.33. The Kier molecular flexibility index (Phi) is 10.5. The molecule has 0 saturated carbocycles. The van der Waals surface area contributed by atoms with Gasteiger partial charge in [-0.15, -0.1) is 0 Å². The van der Waals surface area contributed by atoms with Crippen LogP contribution in [0.15, 0.2) is 42.5 Å². The van der Waals surface area contributed by atoms with Crippen LogP contribution < -0.4 is 19.7 Å². The number of alkyl halides is 1. The van der Waals surface area contributed by atoms with Crippen LogP contribution in [0.5, 0.6) is 11.5 Å². The van der Waals surface area contributed by atoms with Gasteiger partial charge in [0.05, 0.1) is 12.3 Å². The van der Waals surface area contributed by atoms with Crippen molar-refractivity contribution >= 4 is 45.0 Å². The smallest absolute Gasteiger partial charge is 0.410 e. The standard InChI is InChI=1S/C30H41BrClN3O4/c1-30(2,3)39-29(36)34-18-14-22(15-19-34)7-5-17-35-27(21-38-24-12-10-23(32)11-13-24)33-25-8-4-9-26(28(25)35)37-20-6-16-31/h4,8-13,22,27,33H,5-7,14-21H2,1-3H3. The van der Waals surface area contributed by atoms with Crippen molar-refractivity contribution in [2.75, 3.05) is 48.4 Å². The first-order chi connectivity index (χ1) is 18.7. The normalized spacial score (nSPS) is 17.5. The van der Waals surface area contributed by atoms with E-state index in [0.717, 1.165) is 79.9 Å². The Morgan fingerprint density at radius 1 is 1.08 bits per heavy atom. The highest BCUT2D eigenvalue weighted by Crippen LogP contribution is 2.43.